The van der Waals surface area contributed by atoms with E-state index >= 15 is 0 Å². The average molecular weight is 393 g/mol. The molecule has 9 heteroatoms. The Hall–Kier alpha value is -2.55. The lowest BCUT2D eigenvalue weighted by atomic mass is 9.95. The third-order valence-electron chi connectivity index (χ3n) is 4.46. The van der Waals surface area contributed by atoms with Crippen molar-refractivity contribution in [2.45, 2.75) is 46.5 Å². The van der Waals surface area contributed by atoms with Gasteiger partial charge in [0.2, 0.25) is 11.7 Å². The fourth-order valence-electron chi connectivity index (χ4n) is 2.86. The maximum absolute atomic E-state index is 12.8. The van der Waals surface area contributed by atoms with Crippen molar-refractivity contribution in [3.8, 4) is 0 Å². The zero-order valence-electron chi connectivity index (χ0n) is 16.0. The van der Waals surface area contributed by atoms with Gasteiger partial charge in [0.1, 0.15) is 5.82 Å². The third-order valence-corrected chi connectivity index (χ3v) is 4.46. The van der Waals surface area contributed by atoms with Crippen molar-refractivity contribution in [1.29, 1.82) is 0 Å². The number of pyridine rings is 1. The summed E-state index contributed by atoms with van der Waals surface area (Å²) in [6.07, 6.45) is -1.27. The van der Waals surface area contributed by atoms with Crippen molar-refractivity contribution in [1.82, 2.24) is 19.9 Å². The summed E-state index contributed by atoms with van der Waals surface area (Å²) in [5.41, 5.74) is 1.41. The summed E-state index contributed by atoms with van der Waals surface area (Å²) >= 11 is 0. The second kappa shape index (κ2) is 7.46. The maximum Gasteiger partial charge on any atom is 0.451 e. The third kappa shape index (κ3) is 4.64. The van der Waals surface area contributed by atoms with E-state index in [1.54, 1.807) is 12.3 Å². The molecule has 0 saturated heterocycles. The van der Waals surface area contributed by atoms with Crippen LogP contribution >= 0.6 is 0 Å². The zero-order chi connectivity index (χ0) is 20.5. The lowest BCUT2D eigenvalue weighted by molar-refractivity contribution is -0.145. The van der Waals surface area contributed by atoms with Crippen LogP contribution in [0, 0.1) is 5.41 Å². The van der Waals surface area contributed by atoms with Crippen LogP contribution in [-0.4, -0.2) is 32.3 Å². The summed E-state index contributed by atoms with van der Waals surface area (Å²) in [7, 11) is 0. The minimum atomic E-state index is -4.54. The first-order chi connectivity index (χ1) is 13.0. The van der Waals surface area contributed by atoms with Crippen LogP contribution in [0.2, 0.25) is 0 Å². The first-order valence-corrected chi connectivity index (χ1v) is 8.94. The molecule has 0 aliphatic carbocycles. The molecule has 0 bridgehead atoms. The Labute approximate surface area is 161 Å². The van der Waals surface area contributed by atoms with Crippen molar-refractivity contribution >= 4 is 11.7 Å². The van der Waals surface area contributed by atoms with Gasteiger partial charge in [-0.05, 0) is 6.07 Å². The van der Waals surface area contributed by atoms with E-state index in [-0.39, 0.29) is 5.91 Å². The number of carbonyl (C=O) groups excluding carboxylic acids is 1. The average Bonchev–Trinajstić information content (AvgIpc) is 2.61. The fourth-order valence-corrected chi connectivity index (χ4v) is 2.86. The van der Waals surface area contributed by atoms with E-state index in [9.17, 15) is 18.0 Å². The highest BCUT2D eigenvalue weighted by Gasteiger charge is 2.35. The Morgan fingerprint density at radius 1 is 1.25 bits per heavy atom. The van der Waals surface area contributed by atoms with Gasteiger partial charge in [0.25, 0.3) is 0 Å². The SMILES string of the molecule is CC(C)(C)C(=O)Nc1ncccc1CN1CCc2nc(C(F)(F)F)ncc2C1. The van der Waals surface area contributed by atoms with Crippen molar-refractivity contribution in [2.75, 3.05) is 11.9 Å². The van der Waals surface area contributed by atoms with Crippen molar-refractivity contribution < 1.29 is 18.0 Å². The molecule has 1 aliphatic heterocycles. The normalized spacial score (nSPS) is 15.2. The number of nitrogens with zero attached hydrogens (tertiary/aromatic N) is 4. The number of nitrogens with one attached hydrogen (secondary N) is 1. The van der Waals surface area contributed by atoms with Gasteiger partial charge in [-0.3, -0.25) is 9.69 Å². The molecule has 1 N–H and O–H groups in total. The largest absolute Gasteiger partial charge is 0.451 e. The molecule has 0 unspecified atom stereocenters. The van der Waals surface area contributed by atoms with Gasteiger partial charge in [-0.1, -0.05) is 26.8 Å². The molecule has 0 spiro atoms. The predicted molar refractivity (Wildman–Crippen MR) is 97.2 cm³/mol. The van der Waals surface area contributed by atoms with Crippen LogP contribution < -0.4 is 5.32 Å². The molecule has 1 amide bonds. The number of halogens is 3. The van der Waals surface area contributed by atoms with E-state index in [1.807, 2.05) is 26.8 Å². The molecule has 0 aromatic carbocycles. The van der Waals surface area contributed by atoms with E-state index in [0.717, 1.165) is 5.56 Å². The number of fused-ring (bicyclic) bond motifs is 1. The number of rotatable bonds is 3. The maximum atomic E-state index is 12.8. The second-order valence-electron chi connectivity index (χ2n) is 7.84. The molecule has 0 atom stereocenters. The van der Waals surface area contributed by atoms with Crippen LogP contribution in [0.4, 0.5) is 19.0 Å². The van der Waals surface area contributed by atoms with Gasteiger partial charge < -0.3 is 5.32 Å². The van der Waals surface area contributed by atoms with Crippen LogP contribution in [-0.2, 0) is 30.5 Å². The first kappa shape index (κ1) is 20.2. The van der Waals surface area contributed by atoms with Gasteiger partial charge in [0.15, 0.2) is 0 Å². The van der Waals surface area contributed by atoms with Crippen LogP contribution in [0.5, 0.6) is 0 Å². The van der Waals surface area contributed by atoms with E-state index < -0.39 is 17.4 Å². The molecular formula is C19H22F3N5O. The smallest absolute Gasteiger partial charge is 0.310 e. The summed E-state index contributed by atoms with van der Waals surface area (Å²) in [6, 6.07) is 3.67. The Kier molecular flexibility index (Phi) is 5.38. The molecule has 6 nitrogen and oxygen atoms in total. The highest BCUT2D eigenvalue weighted by Crippen LogP contribution is 2.28. The van der Waals surface area contributed by atoms with Gasteiger partial charge in [-0.15, -0.1) is 0 Å². The molecule has 28 heavy (non-hydrogen) atoms. The zero-order valence-corrected chi connectivity index (χ0v) is 16.0. The first-order valence-electron chi connectivity index (χ1n) is 8.94. The van der Waals surface area contributed by atoms with Gasteiger partial charge in [-0.25, -0.2) is 15.0 Å². The number of aromatic nitrogens is 3. The van der Waals surface area contributed by atoms with Gasteiger partial charge in [0.05, 0.1) is 5.69 Å². The van der Waals surface area contributed by atoms with Gasteiger partial charge >= 0.3 is 6.18 Å². The lowest BCUT2D eigenvalue weighted by Crippen LogP contribution is -2.33. The van der Waals surface area contributed by atoms with E-state index in [0.29, 0.717) is 43.1 Å². The number of anilines is 1. The topological polar surface area (TPSA) is 71.0 Å². The fraction of sp³-hybridized carbons (Fsp3) is 0.474. The van der Waals surface area contributed by atoms with Crippen LogP contribution in [0.25, 0.3) is 0 Å². The summed E-state index contributed by atoms with van der Waals surface area (Å²) in [5, 5.41) is 2.86. The Balaban J connectivity index is 1.74. The minimum absolute atomic E-state index is 0.135. The molecule has 0 saturated carbocycles. The molecule has 3 rings (SSSR count). The van der Waals surface area contributed by atoms with Gasteiger partial charge in [0, 0.05) is 55.0 Å². The summed E-state index contributed by atoms with van der Waals surface area (Å²) in [5.74, 6) is -0.736. The molecule has 0 fully saturated rings. The molecule has 150 valence electrons. The highest BCUT2D eigenvalue weighted by molar-refractivity contribution is 5.94. The second-order valence-corrected chi connectivity index (χ2v) is 7.84. The van der Waals surface area contributed by atoms with Crippen LogP contribution in [0.15, 0.2) is 24.5 Å². The van der Waals surface area contributed by atoms with Crippen LogP contribution in [0.3, 0.4) is 0 Å². The van der Waals surface area contributed by atoms with Gasteiger partial charge in [-0.2, -0.15) is 13.2 Å². The monoisotopic (exact) mass is 393 g/mol. The van der Waals surface area contributed by atoms with Crippen molar-refractivity contribution in [2.24, 2.45) is 5.41 Å². The predicted octanol–water partition coefficient (Wildman–Crippen LogP) is 3.43. The molecule has 3 heterocycles. The van der Waals surface area contributed by atoms with E-state index in [4.69, 9.17) is 0 Å². The van der Waals surface area contributed by atoms with E-state index in [1.165, 1.54) is 6.20 Å². The quantitative estimate of drug-likeness (QED) is 0.865. The lowest BCUT2D eigenvalue weighted by Gasteiger charge is -2.29. The summed E-state index contributed by atoms with van der Waals surface area (Å²) in [6.45, 7) is 6.97. The molecule has 2 aromatic heterocycles. The highest BCUT2D eigenvalue weighted by atomic mass is 19.4. The Bertz CT molecular complexity index is 877. The van der Waals surface area contributed by atoms with Crippen molar-refractivity contribution in [3.05, 3.63) is 47.2 Å². The standard InChI is InChI=1S/C19H22F3N5O/c1-18(2,3)17(28)26-15-12(5-4-7-23-15)10-27-8-6-14-13(11-27)9-24-16(25-14)19(20,21)22/h4-5,7,9H,6,8,10-11H2,1-3H3,(H,23,26,28). The molecule has 2 aromatic rings. The Morgan fingerprint density at radius 3 is 2.68 bits per heavy atom. The Morgan fingerprint density at radius 2 is 2.00 bits per heavy atom. The van der Waals surface area contributed by atoms with E-state index in [2.05, 4.69) is 25.2 Å². The number of amides is 1. The number of carbonyl (C=O) groups is 1. The van der Waals surface area contributed by atoms with Crippen molar-refractivity contribution in [3.63, 3.8) is 0 Å². The van der Waals surface area contributed by atoms with Crippen LogP contribution in [0.1, 0.15) is 43.4 Å². The molecular weight excluding hydrogens is 371 g/mol. The molecule has 0 radical (unpaired) electrons. The summed E-state index contributed by atoms with van der Waals surface area (Å²) in [4.78, 5) is 25.8. The number of alkyl halides is 3. The number of hydrogen-bond donors (Lipinski definition) is 1. The molecule has 1 aliphatic rings. The minimum Gasteiger partial charge on any atom is -0.310 e. The number of hydrogen-bond acceptors (Lipinski definition) is 5. The summed E-state index contributed by atoms with van der Waals surface area (Å²) < 4.78 is 38.3.